The number of likely N-dealkylation sites (tertiary alicyclic amines) is 1. The Balaban J connectivity index is 2.18. The third-order valence-corrected chi connectivity index (χ3v) is 11.4. The Hall–Kier alpha value is -1.21. The van der Waals surface area contributed by atoms with E-state index in [9.17, 15) is 4.79 Å². The van der Waals surface area contributed by atoms with Gasteiger partial charge >= 0.3 is 0 Å². The van der Waals surface area contributed by atoms with Crippen molar-refractivity contribution in [1.82, 2.24) is 4.90 Å². The first-order valence-corrected chi connectivity index (χ1v) is 23.8. The summed E-state index contributed by atoms with van der Waals surface area (Å²) in [4.78, 5) is 15.2. The molecule has 0 aromatic rings. The lowest BCUT2D eigenvalue weighted by Gasteiger charge is -2.21. The van der Waals surface area contributed by atoms with Crippen molar-refractivity contribution in [2.75, 3.05) is 46.1 Å². The van der Waals surface area contributed by atoms with E-state index in [2.05, 4.69) is 38.2 Å². The van der Waals surface area contributed by atoms with Crippen LogP contribution in [0.15, 0.2) is 24.3 Å². The highest BCUT2D eigenvalue weighted by Gasteiger charge is 2.36. The Labute approximate surface area is 336 Å². The van der Waals surface area contributed by atoms with Gasteiger partial charge in [-0.05, 0) is 83.6 Å². The summed E-state index contributed by atoms with van der Waals surface area (Å²) in [6.45, 7) is 9.73. The lowest BCUT2D eigenvalue weighted by Crippen LogP contribution is -2.43. The Bertz CT molecular complexity index is 795. The van der Waals surface area contributed by atoms with Crippen molar-refractivity contribution in [2.24, 2.45) is 23.3 Å². The highest BCUT2D eigenvalue weighted by Crippen LogP contribution is 2.26. The molecule has 0 spiro atoms. The van der Waals surface area contributed by atoms with Crippen LogP contribution >= 0.6 is 0 Å². The number of carbonyl (C=O) groups is 1. The number of ether oxygens (including phenoxy) is 2. The monoisotopic (exact) mass is 760 g/mol. The molecule has 4 N–H and O–H groups in total. The molecule has 1 rings (SSSR count). The molecule has 1 aliphatic rings. The zero-order valence-electron chi connectivity index (χ0n) is 36.2. The molecule has 3 atom stereocenters. The Kier molecular flexibility index (Phi) is 37.6. The molecule has 54 heavy (non-hydrogen) atoms. The van der Waals surface area contributed by atoms with Crippen LogP contribution in [0.4, 0.5) is 0 Å². The molecule has 0 unspecified atom stereocenters. The molecule has 318 valence electrons. The van der Waals surface area contributed by atoms with E-state index < -0.39 is 6.04 Å². The number of nitrogens with zero attached hydrogens (tertiary/aromatic N) is 1. The zero-order chi connectivity index (χ0) is 39.0. The molecule has 1 fully saturated rings. The minimum Gasteiger partial charge on any atom is -0.381 e. The fraction of sp³-hybridized carbons (Fsp3) is 0.896. The fourth-order valence-electron chi connectivity index (χ4n) is 7.74. The third-order valence-electron chi connectivity index (χ3n) is 11.4. The highest BCUT2D eigenvalue weighted by molar-refractivity contribution is 5.81. The second-order valence-electron chi connectivity index (χ2n) is 16.7. The quantitative estimate of drug-likeness (QED) is 0.0478. The predicted octanol–water partition coefficient (Wildman–Crippen LogP) is 12.6. The van der Waals surface area contributed by atoms with Gasteiger partial charge < -0.3 is 25.8 Å². The summed E-state index contributed by atoms with van der Waals surface area (Å²) < 4.78 is 12.4. The molecule has 1 saturated heterocycles. The molecule has 0 aromatic carbocycles. The summed E-state index contributed by atoms with van der Waals surface area (Å²) in [5.74, 6) is 0.722. The molecule has 0 bridgehead atoms. The summed E-state index contributed by atoms with van der Waals surface area (Å²) in [5.41, 5.74) is 12.0. The molecular formula is C48H93N3O3. The van der Waals surface area contributed by atoms with Gasteiger partial charge in [-0.2, -0.15) is 0 Å². The number of carbonyl (C=O) groups excluding carboxylic acids is 1. The topological polar surface area (TPSA) is 90.8 Å². The van der Waals surface area contributed by atoms with E-state index in [1.165, 1.54) is 167 Å². The smallest absolute Gasteiger partial charge is 0.239 e. The van der Waals surface area contributed by atoms with Gasteiger partial charge in [-0.25, -0.2) is 0 Å². The molecule has 6 heteroatoms. The van der Waals surface area contributed by atoms with Gasteiger partial charge in [0.15, 0.2) is 0 Å². The van der Waals surface area contributed by atoms with Crippen LogP contribution in [0.25, 0.3) is 0 Å². The minimum atomic E-state index is -0.431. The van der Waals surface area contributed by atoms with Crippen molar-refractivity contribution in [3.05, 3.63) is 24.3 Å². The van der Waals surface area contributed by atoms with Crippen LogP contribution in [-0.4, -0.2) is 62.9 Å². The second kappa shape index (κ2) is 40.0. The van der Waals surface area contributed by atoms with Gasteiger partial charge in [0.25, 0.3) is 0 Å². The third kappa shape index (κ3) is 30.9. The van der Waals surface area contributed by atoms with Crippen molar-refractivity contribution in [2.45, 2.75) is 219 Å². The van der Waals surface area contributed by atoms with Gasteiger partial charge in [0.2, 0.25) is 5.91 Å². The van der Waals surface area contributed by atoms with E-state index >= 15 is 0 Å². The summed E-state index contributed by atoms with van der Waals surface area (Å²) in [6, 6.07) is -0.431. The summed E-state index contributed by atoms with van der Waals surface area (Å²) >= 11 is 0. The van der Waals surface area contributed by atoms with E-state index in [-0.39, 0.29) is 5.91 Å². The maximum absolute atomic E-state index is 13.2. The van der Waals surface area contributed by atoms with Crippen LogP contribution in [-0.2, 0) is 14.3 Å². The van der Waals surface area contributed by atoms with Gasteiger partial charge in [0.05, 0.1) is 19.3 Å². The van der Waals surface area contributed by atoms with E-state index in [1.54, 1.807) is 0 Å². The van der Waals surface area contributed by atoms with Gasteiger partial charge in [0, 0.05) is 38.1 Å². The zero-order valence-corrected chi connectivity index (χ0v) is 36.2. The first-order valence-electron chi connectivity index (χ1n) is 23.8. The standard InChI is InChI=1S/C48H93N3O3/c1-3-5-7-9-11-13-15-17-19-21-23-25-27-29-31-35-39-53-43-45-41-51(48(52)47(50)37-33-34-38-49)42-46(45)44-54-40-36-32-30-28-26-24-22-20-18-16-14-12-10-8-6-4-2/h17-20,45-47H,3-16,21-44,49-50H2,1-2H3/b19-17-,20-18-/t45-,46-,47-/m0/s1. The number of allylic oxidation sites excluding steroid dienone is 4. The van der Waals surface area contributed by atoms with E-state index in [4.69, 9.17) is 20.9 Å². The SMILES string of the molecule is CCCCCCCC/C=C\CCCCCCCCOC[C@@H]1CN(C(=O)[C@@H](N)CCCCN)C[C@H]1COCCCCCCCC/C=C\CCCCCCCC. The van der Waals surface area contributed by atoms with Crippen LogP contribution in [0.5, 0.6) is 0 Å². The predicted molar refractivity (Wildman–Crippen MR) is 235 cm³/mol. The molecule has 1 aliphatic heterocycles. The molecule has 0 aliphatic carbocycles. The van der Waals surface area contributed by atoms with Gasteiger partial charge in [-0.15, -0.1) is 0 Å². The average molecular weight is 760 g/mol. The van der Waals surface area contributed by atoms with Gasteiger partial charge in [0.1, 0.15) is 0 Å². The second-order valence-corrected chi connectivity index (χ2v) is 16.7. The van der Waals surface area contributed by atoms with Crippen LogP contribution in [0.2, 0.25) is 0 Å². The fourth-order valence-corrected chi connectivity index (χ4v) is 7.74. The first-order chi connectivity index (χ1) is 26.6. The minimum absolute atomic E-state index is 0.0844. The normalized spacial score (nSPS) is 16.8. The van der Waals surface area contributed by atoms with E-state index in [0.29, 0.717) is 38.0 Å². The first kappa shape index (κ1) is 50.8. The summed E-state index contributed by atoms with van der Waals surface area (Å²) in [5, 5.41) is 0. The number of hydrogen-bond donors (Lipinski definition) is 2. The van der Waals surface area contributed by atoms with Crippen LogP contribution in [0.3, 0.4) is 0 Å². The molecule has 0 aromatic heterocycles. The van der Waals surface area contributed by atoms with Crippen molar-refractivity contribution >= 4 is 5.91 Å². The van der Waals surface area contributed by atoms with Gasteiger partial charge in [-0.1, -0.05) is 160 Å². The van der Waals surface area contributed by atoms with Crippen LogP contribution in [0, 0.1) is 11.8 Å². The maximum atomic E-state index is 13.2. The molecule has 1 heterocycles. The maximum Gasteiger partial charge on any atom is 0.239 e. The average Bonchev–Trinajstić information content (AvgIpc) is 3.59. The molecule has 1 amide bonds. The molecule has 6 nitrogen and oxygen atoms in total. The number of unbranched alkanes of at least 4 members (excludes halogenated alkanes) is 25. The molecule has 0 radical (unpaired) electrons. The van der Waals surface area contributed by atoms with E-state index in [1.807, 2.05) is 4.90 Å². The summed E-state index contributed by atoms with van der Waals surface area (Å²) in [7, 11) is 0. The molecule has 0 saturated carbocycles. The lowest BCUT2D eigenvalue weighted by atomic mass is 9.98. The van der Waals surface area contributed by atoms with E-state index in [0.717, 1.165) is 52.0 Å². The van der Waals surface area contributed by atoms with Crippen LogP contribution in [0.1, 0.15) is 213 Å². The number of rotatable bonds is 41. The largest absolute Gasteiger partial charge is 0.381 e. The highest BCUT2D eigenvalue weighted by atomic mass is 16.5. The van der Waals surface area contributed by atoms with Crippen molar-refractivity contribution in [3.8, 4) is 0 Å². The van der Waals surface area contributed by atoms with Gasteiger partial charge in [-0.3, -0.25) is 4.79 Å². The Morgan fingerprint density at radius 3 is 1.26 bits per heavy atom. The number of amides is 1. The summed E-state index contributed by atoms with van der Waals surface area (Å²) in [6.07, 6.45) is 49.0. The van der Waals surface area contributed by atoms with Crippen LogP contribution < -0.4 is 11.5 Å². The lowest BCUT2D eigenvalue weighted by molar-refractivity contribution is -0.132. The number of nitrogens with two attached hydrogens (primary N) is 2. The Morgan fingerprint density at radius 2 is 0.889 bits per heavy atom. The molecular weight excluding hydrogens is 667 g/mol. The van der Waals surface area contributed by atoms with Crippen molar-refractivity contribution in [3.63, 3.8) is 0 Å². The van der Waals surface area contributed by atoms with Crippen molar-refractivity contribution in [1.29, 1.82) is 0 Å². The Morgan fingerprint density at radius 1 is 0.537 bits per heavy atom. The number of hydrogen-bond acceptors (Lipinski definition) is 5. The van der Waals surface area contributed by atoms with Crippen molar-refractivity contribution < 1.29 is 14.3 Å².